The van der Waals surface area contributed by atoms with Crippen molar-refractivity contribution in [3.05, 3.63) is 0 Å². The summed E-state index contributed by atoms with van der Waals surface area (Å²) in [6.45, 7) is 18.1. The minimum absolute atomic E-state index is 0.449. The van der Waals surface area contributed by atoms with E-state index in [9.17, 15) is 0 Å². The third-order valence-electron chi connectivity index (χ3n) is 4.86. The third-order valence-corrected chi connectivity index (χ3v) is 4.86. The molecule has 0 bridgehead atoms. The van der Waals surface area contributed by atoms with Gasteiger partial charge in [-0.3, -0.25) is 0 Å². The number of piperidine rings is 1. The molecule has 1 fully saturated rings. The van der Waals surface area contributed by atoms with Crippen molar-refractivity contribution in [2.24, 2.45) is 17.3 Å². The summed E-state index contributed by atoms with van der Waals surface area (Å²) in [6.07, 6.45) is 5.25. The lowest BCUT2D eigenvalue weighted by atomic mass is 9.82. The molecule has 1 saturated heterocycles. The van der Waals surface area contributed by atoms with E-state index in [2.05, 4.69) is 44.8 Å². The Morgan fingerprint density at radius 3 is 2.47 bits per heavy atom. The zero-order chi connectivity index (χ0) is 14.3. The van der Waals surface area contributed by atoms with Gasteiger partial charge in [0, 0.05) is 19.6 Å². The highest BCUT2D eigenvalue weighted by atomic mass is 15.1. The first-order valence-electron chi connectivity index (χ1n) is 8.44. The summed E-state index contributed by atoms with van der Waals surface area (Å²) in [5.74, 6) is 1.77. The molecule has 1 N–H and O–H groups in total. The number of hydrogen-bond acceptors (Lipinski definition) is 2. The van der Waals surface area contributed by atoms with E-state index in [1.165, 1.54) is 51.9 Å². The zero-order valence-corrected chi connectivity index (χ0v) is 14.0. The van der Waals surface area contributed by atoms with Crippen LogP contribution in [0.3, 0.4) is 0 Å². The minimum Gasteiger partial charge on any atom is -0.316 e. The molecule has 0 aromatic carbocycles. The molecule has 0 aliphatic carbocycles. The van der Waals surface area contributed by atoms with Crippen LogP contribution in [-0.2, 0) is 0 Å². The molecule has 3 atom stereocenters. The van der Waals surface area contributed by atoms with Crippen molar-refractivity contribution in [2.45, 2.75) is 60.3 Å². The Bertz CT molecular complexity index is 241. The van der Waals surface area contributed by atoms with Crippen molar-refractivity contribution in [1.29, 1.82) is 0 Å². The van der Waals surface area contributed by atoms with Crippen LogP contribution < -0.4 is 5.32 Å². The smallest absolute Gasteiger partial charge is 0.00476 e. The minimum atomic E-state index is 0.449. The summed E-state index contributed by atoms with van der Waals surface area (Å²) < 4.78 is 0. The lowest BCUT2D eigenvalue weighted by Crippen LogP contribution is -2.47. The second-order valence-electron chi connectivity index (χ2n) is 7.22. The zero-order valence-electron chi connectivity index (χ0n) is 14.0. The lowest BCUT2D eigenvalue weighted by Gasteiger charge is -2.41. The molecule has 0 saturated carbocycles. The van der Waals surface area contributed by atoms with Crippen LogP contribution in [0.4, 0.5) is 0 Å². The fourth-order valence-electron chi connectivity index (χ4n) is 3.43. The van der Waals surface area contributed by atoms with Crippen molar-refractivity contribution in [1.82, 2.24) is 10.2 Å². The number of hydrogen-bond donors (Lipinski definition) is 1. The van der Waals surface area contributed by atoms with Crippen molar-refractivity contribution >= 4 is 0 Å². The summed E-state index contributed by atoms with van der Waals surface area (Å²) in [6, 6.07) is 0. The SMILES string of the molecule is CCCNCC(C)(CCC)CN1CCC(C)C(C)C1. The number of rotatable bonds is 8. The largest absolute Gasteiger partial charge is 0.316 e. The van der Waals surface area contributed by atoms with Gasteiger partial charge in [0.15, 0.2) is 0 Å². The van der Waals surface area contributed by atoms with Gasteiger partial charge >= 0.3 is 0 Å². The molecule has 2 nitrogen and oxygen atoms in total. The molecule has 1 heterocycles. The van der Waals surface area contributed by atoms with Crippen molar-refractivity contribution < 1.29 is 0 Å². The van der Waals surface area contributed by atoms with Crippen LogP contribution in [0, 0.1) is 17.3 Å². The van der Waals surface area contributed by atoms with E-state index in [-0.39, 0.29) is 0 Å². The Balaban J connectivity index is 2.47. The first kappa shape index (κ1) is 17.0. The molecule has 1 aliphatic rings. The van der Waals surface area contributed by atoms with Crippen LogP contribution in [0.1, 0.15) is 60.3 Å². The Labute approximate surface area is 121 Å². The quantitative estimate of drug-likeness (QED) is 0.674. The van der Waals surface area contributed by atoms with Crippen LogP contribution in [0.2, 0.25) is 0 Å². The van der Waals surface area contributed by atoms with Crippen LogP contribution >= 0.6 is 0 Å². The van der Waals surface area contributed by atoms with Gasteiger partial charge in [-0.2, -0.15) is 0 Å². The molecule has 3 unspecified atom stereocenters. The molecule has 114 valence electrons. The van der Waals surface area contributed by atoms with E-state index in [0.29, 0.717) is 5.41 Å². The highest BCUT2D eigenvalue weighted by Crippen LogP contribution is 2.28. The van der Waals surface area contributed by atoms with E-state index >= 15 is 0 Å². The third kappa shape index (κ3) is 5.83. The van der Waals surface area contributed by atoms with Crippen LogP contribution in [-0.4, -0.2) is 37.6 Å². The number of nitrogens with zero attached hydrogens (tertiary/aromatic N) is 1. The predicted octanol–water partition coefficient (Wildman–Crippen LogP) is 3.77. The summed E-state index contributed by atoms with van der Waals surface area (Å²) in [4.78, 5) is 2.72. The Hall–Kier alpha value is -0.0800. The molecular weight excluding hydrogens is 232 g/mol. The van der Waals surface area contributed by atoms with Crippen LogP contribution in [0.15, 0.2) is 0 Å². The maximum atomic E-state index is 3.64. The fraction of sp³-hybridized carbons (Fsp3) is 1.00. The summed E-state index contributed by atoms with van der Waals surface area (Å²) in [5, 5.41) is 3.64. The Kier molecular flexibility index (Phi) is 7.38. The van der Waals surface area contributed by atoms with Crippen molar-refractivity contribution in [2.75, 3.05) is 32.7 Å². The van der Waals surface area contributed by atoms with Crippen LogP contribution in [0.5, 0.6) is 0 Å². The van der Waals surface area contributed by atoms with E-state index in [4.69, 9.17) is 0 Å². The number of likely N-dealkylation sites (tertiary alicyclic amines) is 1. The van der Waals surface area contributed by atoms with E-state index in [1.54, 1.807) is 0 Å². The molecule has 0 amide bonds. The van der Waals surface area contributed by atoms with Crippen molar-refractivity contribution in [3.8, 4) is 0 Å². The maximum Gasteiger partial charge on any atom is 0.00476 e. The molecule has 19 heavy (non-hydrogen) atoms. The van der Waals surface area contributed by atoms with Crippen LogP contribution in [0.25, 0.3) is 0 Å². The van der Waals surface area contributed by atoms with Gasteiger partial charge < -0.3 is 10.2 Å². The standard InChI is InChI=1S/C17H36N2/c1-6-9-17(5,13-18-10-7-2)14-19-11-8-15(3)16(4)12-19/h15-16,18H,6-14H2,1-5H3. The summed E-state index contributed by atoms with van der Waals surface area (Å²) in [5.41, 5.74) is 0.449. The average Bonchev–Trinajstić information content (AvgIpc) is 2.34. The fourth-order valence-corrected chi connectivity index (χ4v) is 3.43. The molecule has 0 aromatic heterocycles. The molecule has 1 rings (SSSR count). The van der Waals surface area contributed by atoms with Gasteiger partial charge in [0.1, 0.15) is 0 Å². The maximum absolute atomic E-state index is 3.64. The number of nitrogens with one attached hydrogen (secondary N) is 1. The van der Waals surface area contributed by atoms with E-state index in [1.807, 2.05) is 0 Å². The van der Waals surface area contributed by atoms with E-state index < -0.39 is 0 Å². The average molecular weight is 268 g/mol. The lowest BCUT2D eigenvalue weighted by molar-refractivity contribution is 0.0844. The van der Waals surface area contributed by atoms with Gasteiger partial charge in [0.25, 0.3) is 0 Å². The van der Waals surface area contributed by atoms with Gasteiger partial charge in [-0.15, -0.1) is 0 Å². The molecule has 0 spiro atoms. The second kappa shape index (κ2) is 8.26. The molecule has 0 radical (unpaired) electrons. The Morgan fingerprint density at radius 1 is 1.16 bits per heavy atom. The van der Waals surface area contributed by atoms with Gasteiger partial charge in [-0.05, 0) is 49.6 Å². The monoisotopic (exact) mass is 268 g/mol. The summed E-state index contributed by atoms with van der Waals surface area (Å²) >= 11 is 0. The topological polar surface area (TPSA) is 15.3 Å². The highest BCUT2D eigenvalue weighted by molar-refractivity contribution is 4.84. The predicted molar refractivity (Wildman–Crippen MR) is 85.6 cm³/mol. The first-order valence-corrected chi connectivity index (χ1v) is 8.44. The van der Waals surface area contributed by atoms with Gasteiger partial charge in [0.05, 0.1) is 0 Å². The Morgan fingerprint density at radius 2 is 1.89 bits per heavy atom. The van der Waals surface area contributed by atoms with Crippen molar-refractivity contribution in [3.63, 3.8) is 0 Å². The normalized spacial score (nSPS) is 28.3. The van der Waals surface area contributed by atoms with Gasteiger partial charge in [-0.25, -0.2) is 0 Å². The molecular formula is C17H36N2. The second-order valence-corrected chi connectivity index (χ2v) is 7.22. The van der Waals surface area contributed by atoms with Gasteiger partial charge in [-0.1, -0.05) is 41.0 Å². The molecule has 0 aromatic rings. The molecule has 1 aliphatic heterocycles. The molecule has 2 heteroatoms. The highest BCUT2D eigenvalue weighted by Gasteiger charge is 2.29. The van der Waals surface area contributed by atoms with Gasteiger partial charge in [0.2, 0.25) is 0 Å². The first-order chi connectivity index (χ1) is 9.00. The summed E-state index contributed by atoms with van der Waals surface area (Å²) in [7, 11) is 0. The van der Waals surface area contributed by atoms with E-state index in [0.717, 1.165) is 18.4 Å².